The van der Waals surface area contributed by atoms with Gasteiger partial charge in [0.05, 0.1) is 35.3 Å². The summed E-state index contributed by atoms with van der Waals surface area (Å²) in [4.78, 5) is 25.0. The van der Waals surface area contributed by atoms with Gasteiger partial charge in [0, 0.05) is 33.2 Å². The van der Waals surface area contributed by atoms with Crippen molar-refractivity contribution < 1.29 is 27.5 Å². The average molecular weight is 512 g/mol. The molecule has 0 bridgehead atoms. The number of amides is 2. The predicted octanol–water partition coefficient (Wildman–Crippen LogP) is 3.30. The van der Waals surface area contributed by atoms with Gasteiger partial charge in [-0.25, -0.2) is 8.42 Å². The van der Waals surface area contributed by atoms with Crippen LogP contribution in [0.15, 0.2) is 42.5 Å². The van der Waals surface area contributed by atoms with Crippen LogP contribution in [0.2, 0.25) is 5.02 Å². The average Bonchev–Trinajstić information content (AvgIpc) is 2.79. The number of carbonyl (C=O) groups excluding carboxylic acids is 2. The van der Waals surface area contributed by atoms with E-state index < -0.39 is 10.0 Å². The number of rotatable bonds is 13. The number of hydrogen-bond donors (Lipinski definition) is 2. The van der Waals surface area contributed by atoms with Crippen molar-refractivity contribution in [3.63, 3.8) is 0 Å². The second kappa shape index (κ2) is 13.2. The van der Waals surface area contributed by atoms with E-state index in [1.165, 1.54) is 17.5 Å². The number of sulfonamides is 1. The van der Waals surface area contributed by atoms with Crippen molar-refractivity contribution in [3.05, 3.63) is 53.1 Å². The van der Waals surface area contributed by atoms with Gasteiger partial charge in [-0.2, -0.15) is 0 Å². The molecule has 0 aliphatic heterocycles. The lowest BCUT2D eigenvalue weighted by Gasteiger charge is -2.23. The van der Waals surface area contributed by atoms with Gasteiger partial charge in [0.15, 0.2) is 0 Å². The monoisotopic (exact) mass is 511 g/mol. The van der Waals surface area contributed by atoms with Crippen LogP contribution in [0.25, 0.3) is 0 Å². The maximum Gasteiger partial charge on any atom is 0.253 e. The second-order valence-corrected chi connectivity index (χ2v) is 9.77. The van der Waals surface area contributed by atoms with E-state index in [9.17, 15) is 18.0 Å². The quantitative estimate of drug-likeness (QED) is 0.399. The minimum atomic E-state index is -3.60. The molecule has 11 heteroatoms. The summed E-state index contributed by atoms with van der Waals surface area (Å²) in [7, 11) is -0.541. The Labute approximate surface area is 205 Å². The van der Waals surface area contributed by atoms with Crippen LogP contribution in [0.3, 0.4) is 0 Å². The molecular weight excluding hydrogens is 482 g/mol. The number of nitrogens with one attached hydrogen (secondary N) is 2. The fourth-order valence-electron chi connectivity index (χ4n) is 3.20. The Kier molecular flexibility index (Phi) is 10.6. The number of hydrogen-bond acceptors (Lipinski definition) is 6. The Hall–Kier alpha value is -2.82. The minimum Gasteiger partial charge on any atom is -0.495 e. The third-order valence-electron chi connectivity index (χ3n) is 4.85. The fraction of sp³-hybridized carbons (Fsp3) is 0.391. The Bertz CT molecular complexity index is 1090. The number of ether oxygens (including phenoxy) is 2. The van der Waals surface area contributed by atoms with Crippen molar-refractivity contribution in [1.29, 1.82) is 0 Å². The van der Waals surface area contributed by atoms with Gasteiger partial charge >= 0.3 is 0 Å². The van der Waals surface area contributed by atoms with Crippen LogP contribution >= 0.6 is 11.6 Å². The SMILES string of the molecule is COCCCNC(=O)c1ccccc1NC(=O)CCCN(c1ccc(OC)c(Cl)c1)S(C)(=O)=O. The summed E-state index contributed by atoms with van der Waals surface area (Å²) < 4.78 is 35.9. The fourth-order valence-corrected chi connectivity index (χ4v) is 4.41. The molecule has 2 aromatic rings. The molecule has 34 heavy (non-hydrogen) atoms. The van der Waals surface area contributed by atoms with Crippen molar-refractivity contribution in [2.75, 3.05) is 49.8 Å². The number of nitrogens with zero attached hydrogens (tertiary/aromatic N) is 1. The van der Waals surface area contributed by atoms with E-state index >= 15 is 0 Å². The molecule has 0 aliphatic rings. The molecule has 0 fully saturated rings. The highest BCUT2D eigenvalue weighted by Crippen LogP contribution is 2.30. The largest absolute Gasteiger partial charge is 0.495 e. The summed E-state index contributed by atoms with van der Waals surface area (Å²) in [6.45, 7) is 1.06. The molecule has 2 amide bonds. The third kappa shape index (κ3) is 8.19. The zero-order chi connectivity index (χ0) is 25.1. The summed E-state index contributed by atoms with van der Waals surface area (Å²) >= 11 is 6.14. The zero-order valence-corrected chi connectivity index (χ0v) is 21.0. The maximum atomic E-state index is 12.5. The molecule has 186 valence electrons. The molecule has 0 aliphatic carbocycles. The van der Waals surface area contributed by atoms with E-state index in [0.717, 1.165) is 6.26 Å². The third-order valence-corrected chi connectivity index (χ3v) is 6.33. The first-order valence-electron chi connectivity index (χ1n) is 10.6. The summed E-state index contributed by atoms with van der Waals surface area (Å²) in [6, 6.07) is 11.4. The highest BCUT2D eigenvalue weighted by atomic mass is 35.5. The van der Waals surface area contributed by atoms with Gasteiger partial charge in [-0.1, -0.05) is 23.7 Å². The summed E-state index contributed by atoms with van der Waals surface area (Å²) in [5.41, 5.74) is 1.11. The second-order valence-electron chi connectivity index (χ2n) is 7.45. The van der Waals surface area contributed by atoms with Gasteiger partial charge in [-0.05, 0) is 43.2 Å². The highest BCUT2D eigenvalue weighted by Gasteiger charge is 2.19. The van der Waals surface area contributed by atoms with Gasteiger partial charge < -0.3 is 20.1 Å². The first kappa shape index (κ1) is 27.4. The lowest BCUT2D eigenvalue weighted by Crippen LogP contribution is -2.31. The Morgan fingerprint density at radius 3 is 2.47 bits per heavy atom. The first-order valence-corrected chi connectivity index (χ1v) is 12.9. The van der Waals surface area contributed by atoms with E-state index in [1.54, 1.807) is 43.5 Å². The number of benzene rings is 2. The van der Waals surface area contributed by atoms with Crippen LogP contribution in [0.5, 0.6) is 5.75 Å². The molecule has 2 rings (SSSR count). The number of anilines is 2. The topological polar surface area (TPSA) is 114 Å². The van der Waals surface area contributed by atoms with Crippen molar-refractivity contribution in [1.82, 2.24) is 5.32 Å². The standard InChI is InChI=1S/C23H30ClN3O6S/c1-32-15-7-13-25-23(29)18-8-4-5-9-20(18)26-22(28)10-6-14-27(34(3,30)31)17-11-12-21(33-2)19(24)16-17/h4-5,8-9,11-12,16H,6-7,10,13-15H2,1-3H3,(H,25,29)(H,26,28). The van der Waals surface area contributed by atoms with E-state index in [4.69, 9.17) is 21.1 Å². The summed E-state index contributed by atoms with van der Waals surface area (Å²) in [5, 5.41) is 5.81. The molecular formula is C23H30ClN3O6S. The molecule has 0 heterocycles. The molecule has 0 saturated heterocycles. The van der Waals surface area contributed by atoms with Gasteiger partial charge in [0.25, 0.3) is 5.91 Å². The summed E-state index contributed by atoms with van der Waals surface area (Å²) in [5.74, 6) is -0.202. The van der Waals surface area contributed by atoms with Crippen LogP contribution in [0.1, 0.15) is 29.6 Å². The van der Waals surface area contributed by atoms with E-state index in [2.05, 4.69) is 10.6 Å². The van der Waals surface area contributed by atoms with Gasteiger partial charge in [-0.15, -0.1) is 0 Å². The van der Waals surface area contributed by atoms with Crippen molar-refractivity contribution in [2.24, 2.45) is 0 Å². The normalized spacial score (nSPS) is 11.1. The smallest absolute Gasteiger partial charge is 0.253 e. The lowest BCUT2D eigenvalue weighted by atomic mass is 10.1. The Morgan fingerprint density at radius 1 is 1.09 bits per heavy atom. The van der Waals surface area contributed by atoms with Crippen LogP contribution in [0, 0.1) is 0 Å². The first-order chi connectivity index (χ1) is 16.2. The predicted molar refractivity (Wildman–Crippen MR) is 133 cm³/mol. The molecule has 0 spiro atoms. The van der Waals surface area contributed by atoms with Gasteiger partial charge in [-0.3, -0.25) is 13.9 Å². The number of halogens is 1. The zero-order valence-electron chi connectivity index (χ0n) is 19.5. The molecule has 9 nitrogen and oxygen atoms in total. The lowest BCUT2D eigenvalue weighted by molar-refractivity contribution is -0.116. The van der Waals surface area contributed by atoms with Crippen LogP contribution in [-0.4, -0.2) is 60.4 Å². The molecule has 0 aromatic heterocycles. The van der Waals surface area contributed by atoms with Crippen LogP contribution in [-0.2, 0) is 19.6 Å². The highest BCUT2D eigenvalue weighted by molar-refractivity contribution is 7.92. The van der Waals surface area contributed by atoms with Crippen LogP contribution < -0.4 is 19.7 Å². The molecule has 0 radical (unpaired) electrons. The van der Waals surface area contributed by atoms with Crippen molar-refractivity contribution >= 4 is 44.8 Å². The molecule has 2 N–H and O–H groups in total. The molecule has 0 atom stereocenters. The number of methoxy groups -OCH3 is 2. The van der Waals surface area contributed by atoms with Crippen LogP contribution in [0.4, 0.5) is 11.4 Å². The number of carbonyl (C=O) groups is 2. The van der Waals surface area contributed by atoms with E-state index in [-0.39, 0.29) is 36.2 Å². The molecule has 0 unspecified atom stereocenters. The summed E-state index contributed by atoms with van der Waals surface area (Å²) in [6.07, 6.45) is 2.08. The Balaban J connectivity index is 1.99. The maximum absolute atomic E-state index is 12.5. The molecule has 0 saturated carbocycles. The van der Waals surface area contributed by atoms with E-state index in [0.29, 0.717) is 42.3 Å². The van der Waals surface area contributed by atoms with E-state index in [1.807, 2.05) is 0 Å². The number of para-hydroxylation sites is 1. The van der Waals surface area contributed by atoms with Gasteiger partial charge in [0.2, 0.25) is 15.9 Å². The van der Waals surface area contributed by atoms with Crippen molar-refractivity contribution in [3.8, 4) is 5.75 Å². The van der Waals surface area contributed by atoms with Crippen molar-refractivity contribution in [2.45, 2.75) is 19.3 Å². The minimum absolute atomic E-state index is 0.0553. The Morgan fingerprint density at radius 2 is 1.82 bits per heavy atom. The molecule has 2 aromatic carbocycles. The van der Waals surface area contributed by atoms with Gasteiger partial charge in [0.1, 0.15) is 5.75 Å².